The summed E-state index contributed by atoms with van der Waals surface area (Å²) >= 11 is 0. The average Bonchev–Trinajstić information content (AvgIpc) is 2.76. The number of anilines is 1. The molecule has 0 bridgehead atoms. The molecule has 0 aromatic heterocycles. The van der Waals surface area contributed by atoms with Crippen molar-refractivity contribution in [2.45, 2.75) is 38.1 Å². The van der Waals surface area contributed by atoms with Gasteiger partial charge in [-0.3, -0.25) is 4.79 Å². The van der Waals surface area contributed by atoms with Crippen LogP contribution in [-0.2, 0) is 21.2 Å². The second-order valence-electron chi connectivity index (χ2n) is 7.77. The molecule has 0 saturated carbocycles. The van der Waals surface area contributed by atoms with Crippen LogP contribution in [0.25, 0.3) is 0 Å². The zero-order valence-electron chi connectivity index (χ0n) is 18.7. The van der Waals surface area contributed by atoms with E-state index < -0.39 is 22.0 Å². The summed E-state index contributed by atoms with van der Waals surface area (Å²) in [6.07, 6.45) is 0.199. The van der Waals surface area contributed by atoms with E-state index in [0.717, 1.165) is 22.3 Å². The fourth-order valence-corrected chi connectivity index (χ4v) is 4.95. The lowest BCUT2D eigenvalue weighted by Crippen LogP contribution is -2.45. The molecule has 1 amide bonds. The highest BCUT2D eigenvalue weighted by Crippen LogP contribution is 2.26. The molecule has 32 heavy (non-hydrogen) atoms. The van der Waals surface area contributed by atoms with Gasteiger partial charge in [-0.1, -0.05) is 54.6 Å². The van der Waals surface area contributed by atoms with Crippen molar-refractivity contribution in [3.63, 3.8) is 0 Å². The summed E-state index contributed by atoms with van der Waals surface area (Å²) in [7, 11) is -2.62. The number of carbonyl (C=O) groups excluding carboxylic acids is 1. The number of hydrogen-bond acceptors (Lipinski definition) is 4. The molecule has 6 nitrogen and oxygen atoms in total. The Bertz CT molecular complexity index is 1190. The number of benzene rings is 3. The highest BCUT2D eigenvalue weighted by atomic mass is 32.2. The van der Waals surface area contributed by atoms with E-state index in [0.29, 0.717) is 5.69 Å². The maximum Gasteiger partial charge on any atom is 0.245 e. The fraction of sp³-hybridized carbons (Fsp3) is 0.240. The molecule has 0 aliphatic heterocycles. The molecule has 3 aromatic rings. The third-order valence-corrected chi connectivity index (χ3v) is 6.73. The Hall–Kier alpha value is -3.16. The van der Waals surface area contributed by atoms with Gasteiger partial charge in [-0.25, -0.2) is 8.42 Å². The van der Waals surface area contributed by atoms with Gasteiger partial charge in [0.2, 0.25) is 15.9 Å². The van der Waals surface area contributed by atoms with Crippen LogP contribution < -0.4 is 14.8 Å². The molecule has 0 fully saturated rings. The minimum atomic E-state index is -4.04. The number of aryl methyl sites for hydroxylation is 3. The molecule has 0 heterocycles. The molecule has 0 aliphatic carbocycles. The van der Waals surface area contributed by atoms with Crippen molar-refractivity contribution in [3.05, 3.63) is 89.0 Å². The SMILES string of the molecule is COc1ccc(C)cc1S(=O)(=O)NC(Cc1ccccc1)C(=O)Nc1c(C)cccc1C. The molecular weight excluding hydrogens is 424 g/mol. The normalized spacial score (nSPS) is 12.2. The van der Waals surface area contributed by atoms with E-state index in [1.54, 1.807) is 19.1 Å². The van der Waals surface area contributed by atoms with Gasteiger partial charge in [0.05, 0.1) is 7.11 Å². The fourth-order valence-electron chi connectivity index (χ4n) is 3.50. The molecule has 168 valence electrons. The Morgan fingerprint density at radius 1 is 0.938 bits per heavy atom. The van der Waals surface area contributed by atoms with Crippen LogP contribution in [0, 0.1) is 20.8 Å². The number of methoxy groups -OCH3 is 1. The largest absolute Gasteiger partial charge is 0.495 e. The first kappa shape index (κ1) is 23.5. The highest BCUT2D eigenvalue weighted by Gasteiger charge is 2.29. The van der Waals surface area contributed by atoms with Gasteiger partial charge < -0.3 is 10.1 Å². The Labute approximate surface area is 189 Å². The number of para-hydroxylation sites is 1. The van der Waals surface area contributed by atoms with Gasteiger partial charge in [-0.15, -0.1) is 0 Å². The Morgan fingerprint density at radius 2 is 1.59 bits per heavy atom. The van der Waals surface area contributed by atoms with Crippen molar-refractivity contribution in [2.24, 2.45) is 0 Å². The summed E-state index contributed by atoms with van der Waals surface area (Å²) < 4.78 is 34.4. The molecule has 1 atom stereocenters. The minimum Gasteiger partial charge on any atom is -0.495 e. The third-order valence-electron chi connectivity index (χ3n) is 5.23. The molecule has 1 unspecified atom stereocenters. The Morgan fingerprint density at radius 3 is 2.22 bits per heavy atom. The number of sulfonamides is 1. The molecular formula is C25H28N2O4S. The predicted octanol–water partition coefficient (Wildman–Crippen LogP) is 4.15. The second kappa shape index (κ2) is 9.97. The molecule has 0 spiro atoms. The van der Waals surface area contributed by atoms with Crippen molar-refractivity contribution in [1.29, 1.82) is 0 Å². The quantitative estimate of drug-likeness (QED) is 0.538. The van der Waals surface area contributed by atoms with Crippen LogP contribution >= 0.6 is 0 Å². The zero-order valence-corrected chi connectivity index (χ0v) is 19.5. The van der Waals surface area contributed by atoms with Gasteiger partial charge in [0.1, 0.15) is 16.7 Å². The van der Waals surface area contributed by atoms with Crippen molar-refractivity contribution in [2.75, 3.05) is 12.4 Å². The van der Waals surface area contributed by atoms with E-state index in [4.69, 9.17) is 4.74 Å². The van der Waals surface area contributed by atoms with Crippen LogP contribution in [0.15, 0.2) is 71.6 Å². The monoisotopic (exact) mass is 452 g/mol. The van der Waals surface area contributed by atoms with Gasteiger partial charge in [0, 0.05) is 5.69 Å². The van der Waals surface area contributed by atoms with E-state index in [2.05, 4.69) is 10.0 Å². The van der Waals surface area contributed by atoms with Crippen LogP contribution in [0.2, 0.25) is 0 Å². The summed E-state index contributed by atoms with van der Waals surface area (Å²) in [4.78, 5) is 13.3. The van der Waals surface area contributed by atoms with Crippen LogP contribution in [0.5, 0.6) is 5.75 Å². The lowest BCUT2D eigenvalue weighted by atomic mass is 10.0. The smallest absolute Gasteiger partial charge is 0.245 e. The van der Waals surface area contributed by atoms with Crippen molar-refractivity contribution in [1.82, 2.24) is 4.72 Å². The number of amides is 1. The topological polar surface area (TPSA) is 84.5 Å². The first-order valence-corrected chi connectivity index (χ1v) is 11.8. The van der Waals surface area contributed by atoms with Crippen LogP contribution in [0.1, 0.15) is 22.3 Å². The van der Waals surface area contributed by atoms with Crippen LogP contribution in [-0.4, -0.2) is 27.5 Å². The molecule has 7 heteroatoms. The van der Waals surface area contributed by atoms with Crippen molar-refractivity contribution >= 4 is 21.6 Å². The number of rotatable bonds is 8. The van der Waals surface area contributed by atoms with E-state index in [-0.39, 0.29) is 17.1 Å². The van der Waals surface area contributed by atoms with Crippen LogP contribution in [0.3, 0.4) is 0 Å². The van der Waals surface area contributed by atoms with Gasteiger partial charge in [-0.2, -0.15) is 4.72 Å². The van der Waals surface area contributed by atoms with Crippen LogP contribution in [0.4, 0.5) is 5.69 Å². The lowest BCUT2D eigenvalue weighted by molar-refractivity contribution is -0.117. The highest BCUT2D eigenvalue weighted by molar-refractivity contribution is 7.89. The maximum absolute atomic E-state index is 13.3. The van der Waals surface area contributed by atoms with E-state index >= 15 is 0 Å². The molecule has 0 aliphatic rings. The Balaban J connectivity index is 1.96. The molecule has 3 aromatic carbocycles. The minimum absolute atomic E-state index is 0.00191. The molecule has 2 N–H and O–H groups in total. The number of ether oxygens (including phenoxy) is 1. The summed E-state index contributed by atoms with van der Waals surface area (Å²) in [6.45, 7) is 5.60. The van der Waals surface area contributed by atoms with E-state index in [1.807, 2.05) is 62.4 Å². The lowest BCUT2D eigenvalue weighted by Gasteiger charge is -2.21. The first-order chi connectivity index (χ1) is 15.2. The molecule has 0 saturated heterocycles. The van der Waals surface area contributed by atoms with Gasteiger partial charge >= 0.3 is 0 Å². The van der Waals surface area contributed by atoms with E-state index in [1.165, 1.54) is 13.2 Å². The first-order valence-electron chi connectivity index (χ1n) is 10.3. The zero-order chi connectivity index (χ0) is 23.3. The Kier molecular flexibility index (Phi) is 7.33. The molecule has 3 rings (SSSR count). The van der Waals surface area contributed by atoms with Gasteiger partial charge in [0.25, 0.3) is 0 Å². The number of carbonyl (C=O) groups is 1. The van der Waals surface area contributed by atoms with Crippen molar-refractivity contribution in [3.8, 4) is 5.75 Å². The summed E-state index contributed by atoms with van der Waals surface area (Å²) in [5.74, 6) is -0.210. The number of hydrogen-bond donors (Lipinski definition) is 2. The standard InChI is InChI=1S/C25H28N2O4S/c1-17-13-14-22(31-4)23(15-17)32(29,30)27-21(16-20-11-6-5-7-12-20)25(28)26-24-18(2)9-8-10-19(24)3/h5-15,21,27H,16H2,1-4H3,(H,26,28). The summed E-state index contributed by atoms with van der Waals surface area (Å²) in [5.41, 5.74) is 4.10. The second-order valence-corrected chi connectivity index (χ2v) is 9.46. The summed E-state index contributed by atoms with van der Waals surface area (Å²) in [6, 6.07) is 18.9. The third kappa shape index (κ3) is 5.55. The van der Waals surface area contributed by atoms with Gasteiger partial charge in [-0.05, 0) is 61.6 Å². The molecule has 0 radical (unpaired) electrons. The van der Waals surface area contributed by atoms with Crippen molar-refractivity contribution < 1.29 is 17.9 Å². The van der Waals surface area contributed by atoms with Gasteiger partial charge in [0.15, 0.2) is 0 Å². The maximum atomic E-state index is 13.3. The van der Waals surface area contributed by atoms with E-state index in [9.17, 15) is 13.2 Å². The summed E-state index contributed by atoms with van der Waals surface area (Å²) in [5, 5.41) is 2.92. The average molecular weight is 453 g/mol. The number of nitrogens with one attached hydrogen (secondary N) is 2. The predicted molar refractivity (Wildman–Crippen MR) is 127 cm³/mol.